The molecule has 0 aliphatic carbocycles. The van der Waals surface area contributed by atoms with Crippen LogP contribution in [0.25, 0.3) is 10.3 Å². The van der Waals surface area contributed by atoms with Crippen LogP contribution in [0.3, 0.4) is 0 Å². The molecule has 3 aromatic rings. The second kappa shape index (κ2) is 12.6. The van der Waals surface area contributed by atoms with Crippen molar-refractivity contribution in [1.29, 1.82) is 0 Å². The minimum absolute atomic E-state index is 0.146. The number of sulfone groups is 1. The van der Waals surface area contributed by atoms with Crippen LogP contribution in [0, 0.1) is 0 Å². The minimum atomic E-state index is -3.53. The maximum atomic E-state index is 13.6. The van der Waals surface area contributed by atoms with Crippen molar-refractivity contribution in [2.45, 2.75) is 36.0 Å². The van der Waals surface area contributed by atoms with Crippen LogP contribution in [0.5, 0.6) is 5.88 Å². The molecule has 226 valence electrons. The van der Waals surface area contributed by atoms with Gasteiger partial charge in [-0.15, -0.1) is 0 Å². The fourth-order valence-electron chi connectivity index (χ4n) is 4.25. The van der Waals surface area contributed by atoms with Crippen LogP contribution in [0.1, 0.15) is 25.8 Å². The number of hydrogen-bond acceptors (Lipinski definition) is 12. The quantitative estimate of drug-likeness (QED) is 0.339. The van der Waals surface area contributed by atoms with Crippen LogP contribution in [-0.4, -0.2) is 111 Å². The van der Waals surface area contributed by atoms with Gasteiger partial charge < -0.3 is 19.1 Å². The molecule has 4 heterocycles. The Balaban J connectivity index is 1.36. The molecule has 1 amide bonds. The molecule has 2 aliphatic heterocycles. The van der Waals surface area contributed by atoms with Crippen LogP contribution in [0.2, 0.25) is 0 Å². The van der Waals surface area contributed by atoms with Gasteiger partial charge in [0.1, 0.15) is 17.0 Å². The standard InChI is InChI=1S/C28H36N6O6S2/c1-28(2,33(3)4)18-40-23-10-9-22-26(30-23)41-27(29-22)31-25(35)24(32-34-12-15-38-16-13-34)19-5-7-20(8-6-19)42(36,37)21-11-14-39-17-21/h5-10,21H,11-18H2,1-4H3,(H,29,31,35)/b32-24+/t21-/m0/s1. The smallest absolute Gasteiger partial charge is 0.278 e. The number of pyridine rings is 1. The van der Waals surface area contributed by atoms with Gasteiger partial charge in [-0.2, -0.15) is 5.10 Å². The van der Waals surface area contributed by atoms with E-state index in [1.807, 2.05) is 20.2 Å². The summed E-state index contributed by atoms with van der Waals surface area (Å²) in [5.74, 6) is 0.0114. The largest absolute Gasteiger partial charge is 0.476 e. The highest BCUT2D eigenvalue weighted by atomic mass is 32.2. The van der Waals surface area contributed by atoms with E-state index < -0.39 is 21.0 Å². The first kappa shape index (κ1) is 30.3. The molecule has 1 N–H and O–H groups in total. The first-order valence-electron chi connectivity index (χ1n) is 13.8. The van der Waals surface area contributed by atoms with Crippen molar-refractivity contribution >= 4 is 48.3 Å². The van der Waals surface area contributed by atoms with Crippen LogP contribution in [-0.2, 0) is 24.1 Å². The SMILES string of the molecule is CN(C)C(C)(C)COc1ccc2nc(NC(=O)/C(=N/N3CCOCC3)c3ccc(S(=O)(=O)[C@H]4CCOC4)cc3)sc2n1. The summed E-state index contributed by atoms with van der Waals surface area (Å²) in [7, 11) is 0.461. The molecular weight excluding hydrogens is 580 g/mol. The van der Waals surface area contributed by atoms with Gasteiger partial charge in [-0.1, -0.05) is 23.5 Å². The van der Waals surface area contributed by atoms with E-state index in [2.05, 4.69) is 39.1 Å². The minimum Gasteiger partial charge on any atom is -0.476 e. The summed E-state index contributed by atoms with van der Waals surface area (Å²) in [5.41, 5.74) is 1.09. The number of likely N-dealkylation sites (N-methyl/N-ethyl adjacent to an activating group) is 1. The molecule has 2 fully saturated rings. The predicted octanol–water partition coefficient (Wildman–Crippen LogP) is 2.65. The number of hydrogen-bond donors (Lipinski definition) is 1. The molecule has 0 unspecified atom stereocenters. The molecule has 12 nitrogen and oxygen atoms in total. The van der Waals surface area contributed by atoms with Crippen molar-refractivity contribution in [3.63, 3.8) is 0 Å². The maximum absolute atomic E-state index is 13.6. The number of carbonyl (C=O) groups is 1. The number of anilines is 1. The summed E-state index contributed by atoms with van der Waals surface area (Å²) in [4.78, 5) is 25.6. The fourth-order valence-corrected chi connectivity index (χ4v) is 6.66. The monoisotopic (exact) mass is 616 g/mol. The second-order valence-corrected chi connectivity index (χ2v) is 14.2. The van der Waals surface area contributed by atoms with E-state index in [0.717, 1.165) is 0 Å². The van der Waals surface area contributed by atoms with Crippen molar-refractivity contribution < 1.29 is 27.4 Å². The number of thiazole rings is 1. The molecule has 5 rings (SSSR count). The van der Waals surface area contributed by atoms with Gasteiger partial charge in [-0.25, -0.2) is 18.4 Å². The van der Waals surface area contributed by atoms with E-state index in [1.165, 1.54) is 23.5 Å². The fraction of sp³-hybridized carbons (Fsp3) is 0.500. The Bertz CT molecular complexity index is 1540. The van der Waals surface area contributed by atoms with Crippen LogP contribution >= 0.6 is 11.3 Å². The molecule has 2 aliphatic rings. The van der Waals surface area contributed by atoms with Gasteiger partial charge >= 0.3 is 0 Å². The summed E-state index contributed by atoms with van der Waals surface area (Å²) in [5, 5.41) is 9.06. The molecule has 42 heavy (non-hydrogen) atoms. The van der Waals surface area contributed by atoms with Crippen LogP contribution in [0.4, 0.5) is 5.13 Å². The van der Waals surface area contributed by atoms with Crippen LogP contribution < -0.4 is 10.1 Å². The molecule has 0 spiro atoms. The number of aromatic nitrogens is 2. The number of amides is 1. The van der Waals surface area contributed by atoms with Gasteiger partial charge in [-0.05, 0) is 52.6 Å². The van der Waals surface area contributed by atoms with E-state index in [0.29, 0.717) is 72.9 Å². The summed E-state index contributed by atoms with van der Waals surface area (Å²) in [6.45, 7) is 7.30. The van der Waals surface area contributed by atoms with Crippen LogP contribution in [0.15, 0.2) is 46.4 Å². The molecular formula is C28H36N6O6S2. The van der Waals surface area contributed by atoms with Crippen molar-refractivity contribution in [2.24, 2.45) is 5.10 Å². The lowest BCUT2D eigenvalue weighted by Gasteiger charge is -2.31. The van der Waals surface area contributed by atoms with Crippen molar-refractivity contribution in [2.75, 3.05) is 65.5 Å². The Morgan fingerprint density at radius 1 is 1.12 bits per heavy atom. The molecule has 1 aromatic carbocycles. The summed E-state index contributed by atoms with van der Waals surface area (Å²) in [6, 6.07) is 9.83. The van der Waals surface area contributed by atoms with E-state index >= 15 is 0 Å². The topological polar surface area (TPSA) is 136 Å². The number of nitrogens with zero attached hydrogens (tertiary/aromatic N) is 5. The highest BCUT2D eigenvalue weighted by molar-refractivity contribution is 7.92. The van der Waals surface area contributed by atoms with Gasteiger partial charge in [0.05, 0.1) is 43.1 Å². The van der Waals surface area contributed by atoms with Crippen molar-refractivity contribution in [1.82, 2.24) is 19.9 Å². The van der Waals surface area contributed by atoms with Gasteiger partial charge in [-0.3, -0.25) is 15.1 Å². The zero-order chi connectivity index (χ0) is 29.9. The normalized spacial score (nSPS) is 18.5. The van der Waals surface area contributed by atoms with E-state index in [-0.39, 0.29) is 22.8 Å². The molecule has 0 saturated carbocycles. The van der Waals surface area contributed by atoms with Crippen molar-refractivity contribution in [3.8, 4) is 5.88 Å². The Kier molecular flexibility index (Phi) is 9.08. The highest BCUT2D eigenvalue weighted by Gasteiger charge is 2.31. The number of benzene rings is 1. The lowest BCUT2D eigenvalue weighted by molar-refractivity contribution is -0.110. The Morgan fingerprint density at radius 3 is 2.52 bits per heavy atom. The third-order valence-electron chi connectivity index (χ3n) is 7.46. The lowest BCUT2D eigenvalue weighted by Crippen LogP contribution is -2.43. The number of carbonyl (C=O) groups excluding carboxylic acids is 1. The Hall–Kier alpha value is -3.17. The first-order chi connectivity index (χ1) is 20.0. The van der Waals surface area contributed by atoms with E-state index in [4.69, 9.17) is 14.2 Å². The maximum Gasteiger partial charge on any atom is 0.278 e. The molecule has 2 aromatic heterocycles. The Labute approximate surface area is 249 Å². The van der Waals surface area contributed by atoms with Crippen molar-refractivity contribution in [3.05, 3.63) is 42.0 Å². The van der Waals surface area contributed by atoms with Gasteiger partial charge in [0.2, 0.25) is 5.88 Å². The van der Waals surface area contributed by atoms with E-state index in [1.54, 1.807) is 23.2 Å². The summed E-state index contributed by atoms with van der Waals surface area (Å²) < 4.78 is 42.6. The lowest BCUT2D eigenvalue weighted by atomic mass is 10.1. The predicted molar refractivity (Wildman–Crippen MR) is 161 cm³/mol. The zero-order valence-corrected chi connectivity index (χ0v) is 25.8. The summed E-state index contributed by atoms with van der Waals surface area (Å²) >= 11 is 1.23. The average molecular weight is 617 g/mol. The number of morpholine rings is 1. The van der Waals surface area contributed by atoms with E-state index in [9.17, 15) is 13.2 Å². The zero-order valence-electron chi connectivity index (χ0n) is 24.2. The summed E-state index contributed by atoms with van der Waals surface area (Å²) in [6.07, 6.45) is 0.467. The van der Waals surface area contributed by atoms with Gasteiger partial charge in [0, 0.05) is 23.8 Å². The van der Waals surface area contributed by atoms with Gasteiger partial charge in [0.15, 0.2) is 20.7 Å². The number of hydrazone groups is 1. The number of ether oxygens (including phenoxy) is 3. The average Bonchev–Trinajstić information content (AvgIpc) is 3.66. The third-order valence-corrected chi connectivity index (χ3v) is 10.5. The molecule has 0 radical (unpaired) electrons. The highest BCUT2D eigenvalue weighted by Crippen LogP contribution is 2.28. The third kappa shape index (κ3) is 6.89. The number of fused-ring (bicyclic) bond motifs is 1. The number of nitrogens with one attached hydrogen (secondary N) is 1. The second-order valence-electron chi connectivity index (χ2n) is 11.0. The molecule has 1 atom stereocenters. The number of rotatable bonds is 10. The molecule has 14 heteroatoms. The molecule has 2 saturated heterocycles. The first-order valence-corrected chi connectivity index (χ1v) is 16.1. The molecule has 0 bridgehead atoms. The van der Waals surface area contributed by atoms with Gasteiger partial charge in [0.25, 0.3) is 5.91 Å². The Morgan fingerprint density at radius 2 is 1.86 bits per heavy atom.